The summed E-state index contributed by atoms with van der Waals surface area (Å²) < 4.78 is 0. The molecular weight excluding hydrogens is 184 g/mol. The van der Waals surface area contributed by atoms with Crippen LogP contribution in [0.1, 0.15) is 12.1 Å². The fraction of sp³-hybridized carbons (Fsp3) is 0.222. The average molecular weight is 194 g/mol. The lowest BCUT2D eigenvalue weighted by molar-refractivity contribution is -0.384. The topological polar surface area (TPSA) is 76.3 Å². The van der Waals surface area contributed by atoms with Crippen LogP contribution in [-0.2, 0) is 0 Å². The van der Waals surface area contributed by atoms with E-state index >= 15 is 0 Å². The van der Waals surface area contributed by atoms with Crippen molar-refractivity contribution in [2.75, 3.05) is 6.61 Å². The fourth-order valence-corrected chi connectivity index (χ4v) is 0.920. The highest BCUT2D eigenvalue weighted by Crippen LogP contribution is 2.11. The molecule has 1 rings (SSSR count). The molecular formula is C9H10N2O3. The molecule has 0 aliphatic rings. The maximum Gasteiger partial charge on any atom is 0.273 e. The second-order valence-corrected chi connectivity index (χ2v) is 2.61. The van der Waals surface area contributed by atoms with Crippen molar-refractivity contribution in [2.24, 2.45) is 0 Å². The molecule has 1 aromatic rings. The van der Waals surface area contributed by atoms with Gasteiger partial charge in [0, 0.05) is 24.9 Å². The van der Waals surface area contributed by atoms with Gasteiger partial charge in [-0.25, -0.2) is 0 Å². The second kappa shape index (κ2) is 5.08. The first kappa shape index (κ1) is 10.3. The molecule has 0 saturated heterocycles. The molecule has 1 N–H and O–H groups in total. The van der Waals surface area contributed by atoms with Gasteiger partial charge in [-0.3, -0.25) is 15.1 Å². The van der Waals surface area contributed by atoms with Gasteiger partial charge in [0.25, 0.3) is 5.69 Å². The van der Waals surface area contributed by atoms with Crippen LogP contribution in [0.2, 0.25) is 0 Å². The van der Waals surface area contributed by atoms with Crippen molar-refractivity contribution in [2.45, 2.75) is 6.42 Å². The largest absolute Gasteiger partial charge is 0.396 e. The highest BCUT2D eigenvalue weighted by Gasteiger charge is 2.04. The Morgan fingerprint density at radius 1 is 1.64 bits per heavy atom. The summed E-state index contributed by atoms with van der Waals surface area (Å²) in [6.45, 7) is 0.0609. The van der Waals surface area contributed by atoms with Crippen molar-refractivity contribution in [3.05, 3.63) is 40.2 Å². The summed E-state index contributed by atoms with van der Waals surface area (Å²) in [6, 6.07) is 2.72. The molecule has 0 unspecified atom stereocenters. The Bertz CT molecular complexity index is 350. The first-order valence-electron chi connectivity index (χ1n) is 4.12. The third-order valence-electron chi connectivity index (χ3n) is 1.56. The molecule has 0 aromatic carbocycles. The highest BCUT2D eigenvalue weighted by molar-refractivity contribution is 5.48. The molecule has 0 atom stereocenters. The van der Waals surface area contributed by atoms with Crippen molar-refractivity contribution in [3.63, 3.8) is 0 Å². The van der Waals surface area contributed by atoms with Crippen molar-refractivity contribution in [1.29, 1.82) is 0 Å². The normalized spacial score (nSPS) is 10.6. The number of nitrogens with zero attached hydrogens (tertiary/aromatic N) is 2. The van der Waals surface area contributed by atoms with E-state index in [-0.39, 0.29) is 12.3 Å². The lowest BCUT2D eigenvalue weighted by Crippen LogP contribution is -1.89. The zero-order valence-corrected chi connectivity index (χ0v) is 7.46. The molecule has 0 bridgehead atoms. The molecule has 14 heavy (non-hydrogen) atoms. The van der Waals surface area contributed by atoms with E-state index in [9.17, 15) is 10.1 Å². The standard InChI is InChI=1S/C9H10N2O3/c12-6-2-1-3-8-7-9(11(13)14)4-5-10-8/h1,3-5,7,12H,2,6H2. The zero-order valence-electron chi connectivity index (χ0n) is 7.46. The minimum atomic E-state index is -0.467. The minimum Gasteiger partial charge on any atom is -0.396 e. The van der Waals surface area contributed by atoms with Crippen LogP contribution in [-0.4, -0.2) is 21.6 Å². The van der Waals surface area contributed by atoms with Gasteiger partial charge in [0.2, 0.25) is 0 Å². The number of hydrogen-bond acceptors (Lipinski definition) is 4. The van der Waals surface area contributed by atoms with Gasteiger partial charge in [0.05, 0.1) is 10.6 Å². The van der Waals surface area contributed by atoms with Gasteiger partial charge in [-0.05, 0) is 12.5 Å². The van der Waals surface area contributed by atoms with Gasteiger partial charge >= 0.3 is 0 Å². The van der Waals surface area contributed by atoms with Crippen LogP contribution in [0.4, 0.5) is 5.69 Å². The van der Waals surface area contributed by atoms with Crippen molar-refractivity contribution < 1.29 is 10.0 Å². The lowest BCUT2D eigenvalue weighted by atomic mass is 10.3. The fourth-order valence-electron chi connectivity index (χ4n) is 0.920. The number of rotatable bonds is 4. The number of aromatic nitrogens is 1. The van der Waals surface area contributed by atoms with E-state index in [0.717, 1.165) is 0 Å². The number of aliphatic hydroxyl groups excluding tert-OH is 1. The molecule has 0 amide bonds. The number of pyridine rings is 1. The third kappa shape index (κ3) is 2.95. The van der Waals surface area contributed by atoms with Gasteiger partial charge < -0.3 is 5.11 Å². The molecule has 74 valence electrons. The Kier molecular flexibility index (Phi) is 3.75. The van der Waals surface area contributed by atoms with E-state index in [1.165, 1.54) is 18.3 Å². The van der Waals surface area contributed by atoms with Crippen LogP contribution in [0.3, 0.4) is 0 Å². The molecule has 0 radical (unpaired) electrons. The molecule has 5 nitrogen and oxygen atoms in total. The Morgan fingerprint density at radius 3 is 3.07 bits per heavy atom. The SMILES string of the molecule is O=[N+]([O-])c1ccnc(C=CCCO)c1. The predicted octanol–water partition coefficient (Wildman–Crippen LogP) is 1.39. The Morgan fingerprint density at radius 2 is 2.43 bits per heavy atom. The molecule has 0 fully saturated rings. The molecule has 0 aliphatic heterocycles. The molecule has 1 aromatic heterocycles. The van der Waals surface area contributed by atoms with Crippen LogP contribution in [0.5, 0.6) is 0 Å². The monoisotopic (exact) mass is 194 g/mol. The molecule has 0 saturated carbocycles. The summed E-state index contributed by atoms with van der Waals surface area (Å²) in [5.74, 6) is 0. The maximum atomic E-state index is 10.4. The van der Waals surface area contributed by atoms with Gasteiger partial charge in [-0.15, -0.1) is 0 Å². The molecule has 1 heterocycles. The van der Waals surface area contributed by atoms with Crippen LogP contribution in [0.25, 0.3) is 6.08 Å². The van der Waals surface area contributed by atoms with Gasteiger partial charge in [0.15, 0.2) is 0 Å². The van der Waals surface area contributed by atoms with Gasteiger partial charge in [0.1, 0.15) is 0 Å². The summed E-state index contributed by atoms with van der Waals surface area (Å²) in [5.41, 5.74) is 0.538. The van der Waals surface area contributed by atoms with Crippen LogP contribution >= 0.6 is 0 Å². The predicted molar refractivity (Wildman–Crippen MR) is 51.6 cm³/mol. The quantitative estimate of drug-likeness (QED) is 0.580. The maximum absolute atomic E-state index is 10.4. The zero-order chi connectivity index (χ0) is 10.4. The van der Waals surface area contributed by atoms with Crippen molar-refractivity contribution in [1.82, 2.24) is 4.98 Å². The van der Waals surface area contributed by atoms with E-state index in [1.54, 1.807) is 12.2 Å². The summed E-state index contributed by atoms with van der Waals surface area (Å²) in [7, 11) is 0. The van der Waals surface area contributed by atoms with E-state index < -0.39 is 4.92 Å². The summed E-state index contributed by atoms with van der Waals surface area (Å²) in [5, 5.41) is 18.9. The molecule has 0 aliphatic carbocycles. The van der Waals surface area contributed by atoms with E-state index in [1.807, 2.05) is 0 Å². The Balaban J connectivity index is 2.78. The van der Waals surface area contributed by atoms with E-state index in [0.29, 0.717) is 12.1 Å². The second-order valence-electron chi connectivity index (χ2n) is 2.61. The third-order valence-corrected chi connectivity index (χ3v) is 1.56. The van der Waals surface area contributed by atoms with E-state index in [4.69, 9.17) is 5.11 Å². The van der Waals surface area contributed by atoms with E-state index in [2.05, 4.69) is 4.98 Å². The van der Waals surface area contributed by atoms with Gasteiger partial charge in [-0.1, -0.05) is 6.08 Å². The molecule has 5 heteroatoms. The van der Waals surface area contributed by atoms with Gasteiger partial charge in [-0.2, -0.15) is 0 Å². The number of hydrogen-bond donors (Lipinski definition) is 1. The van der Waals surface area contributed by atoms with Crippen LogP contribution in [0.15, 0.2) is 24.4 Å². The average Bonchev–Trinajstić information content (AvgIpc) is 2.19. The van der Waals surface area contributed by atoms with Crippen LogP contribution < -0.4 is 0 Å². The summed E-state index contributed by atoms with van der Waals surface area (Å²) >= 11 is 0. The van der Waals surface area contributed by atoms with Crippen LogP contribution in [0, 0.1) is 10.1 Å². The minimum absolute atomic E-state index is 0.0173. The smallest absolute Gasteiger partial charge is 0.273 e. The highest BCUT2D eigenvalue weighted by atomic mass is 16.6. The van der Waals surface area contributed by atoms with Crippen molar-refractivity contribution >= 4 is 11.8 Å². The number of nitro groups is 1. The first-order chi connectivity index (χ1) is 6.74. The Hall–Kier alpha value is -1.75. The Labute approximate surface area is 80.9 Å². The summed E-state index contributed by atoms with van der Waals surface area (Å²) in [4.78, 5) is 13.9. The summed E-state index contributed by atoms with van der Waals surface area (Å²) in [6.07, 6.45) is 5.26. The lowest BCUT2D eigenvalue weighted by Gasteiger charge is -1.92. The first-order valence-corrected chi connectivity index (χ1v) is 4.12. The molecule has 0 spiro atoms. The van der Waals surface area contributed by atoms with Crippen molar-refractivity contribution in [3.8, 4) is 0 Å². The number of aliphatic hydroxyl groups is 1.